The third-order valence-electron chi connectivity index (χ3n) is 5.84. The number of carbonyl (C=O) groups is 4. The van der Waals surface area contributed by atoms with Crippen LogP contribution >= 0.6 is 23.5 Å². The third-order valence-corrected chi connectivity index (χ3v) is 7.97. The molecule has 0 aromatic carbocycles. The van der Waals surface area contributed by atoms with Crippen molar-refractivity contribution >= 4 is 47.3 Å². The number of hydrogen-bond acceptors (Lipinski definition) is 8. The van der Waals surface area contributed by atoms with Gasteiger partial charge < -0.3 is 20.1 Å². The number of carbonyl (C=O) groups excluding carboxylic acids is 4. The van der Waals surface area contributed by atoms with Gasteiger partial charge in [-0.05, 0) is 50.3 Å². The van der Waals surface area contributed by atoms with Crippen molar-refractivity contribution in [2.75, 3.05) is 13.2 Å². The van der Waals surface area contributed by atoms with Crippen LogP contribution in [0.15, 0.2) is 20.6 Å². The van der Waals surface area contributed by atoms with Crippen LogP contribution in [0.1, 0.15) is 84.5 Å². The Kier molecular flexibility index (Phi) is 14.0. The van der Waals surface area contributed by atoms with Crippen LogP contribution in [0.2, 0.25) is 0 Å². The topological polar surface area (TPSA) is 111 Å². The van der Waals surface area contributed by atoms with Crippen LogP contribution in [0.4, 0.5) is 0 Å². The second kappa shape index (κ2) is 16.7. The molecule has 3 aliphatic rings. The second-order valence-electron chi connectivity index (χ2n) is 8.58. The SMILES string of the molecule is CCOC(=O)C(C(=O)NC1CCCCC1)=C1SC=CS1.CCOC(=O)CC(=O)NC1CCCCC1. The van der Waals surface area contributed by atoms with Gasteiger partial charge in [0, 0.05) is 12.1 Å². The Balaban J connectivity index is 0.000000258. The quantitative estimate of drug-likeness (QED) is 0.205. The molecule has 0 spiro atoms. The summed E-state index contributed by atoms with van der Waals surface area (Å²) in [6.07, 6.45) is 11.0. The van der Waals surface area contributed by atoms with Gasteiger partial charge in [-0.15, -0.1) is 0 Å². The largest absolute Gasteiger partial charge is 0.466 e. The summed E-state index contributed by atoms with van der Waals surface area (Å²) in [5.41, 5.74) is 0.150. The van der Waals surface area contributed by atoms with E-state index in [9.17, 15) is 19.2 Å². The molecule has 2 aliphatic carbocycles. The molecule has 35 heavy (non-hydrogen) atoms. The molecule has 0 atom stereocenters. The number of esters is 2. The normalized spacial score (nSPS) is 18.2. The molecular weight excluding hydrogens is 488 g/mol. The minimum atomic E-state index is -0.528. The van der Waals surface area contributed by atoms with Crippen molar-refractivity contribution in [3.05, 3.63) is 20.6 Å². The van der Waals surface area contributed by atoms with E-state index in [1.54, 1.807) is 13.8 Å². The smallest absolute Gasteiger partial charge is 0.345 e. The molecule has 0 unspecified atom stereocenters. The zero-order valence-electron chi connectivity index (χ0n) is 20.8. The van der Waals surface area contributed by atoms with Crippen molar-refractivity contribution in [3.63, 3.8) is 0 Å². The summed E-state index contributed by atoms with van der Waals surface area (Å²) in [5, 5.41) is 9.59. The van der Waals surface area contributed by atoms with E-state index in [1.165, 1.54) is 49.2 Å². The summed E-state index contributed by atoms with van der Waals surface area (Å²) in [5.74, 6) is -1.47. The first-order chi connectivity index (χ1) is 16.9. The molecule has 0 saturated heterocycles. The predicted molar refractivity (Wildman–Crippen MR) is 139 cm³/mol. The molecule has 196 valence electrons. The molecule has 8 nitrogen and oxygen atoms in total. The van der Waals surface area contributed by atoms with E-state index in [-0.39, 0.29) is 42.5 Å². The molecule has 2 amide bonds. The minimum absolute atomic E-state index is 0.148. The van der Waals surface area contributed by atoms with Gasteiger partial charge in [0.15, 0.2) is 0 Å². The summed E-state index contributed by atoms with van der Waals surface area (Å²) in [4.78, 5) is 46.8. The number of hydrogen-bond donors (Lipinski definition) is 2. The maximum atomic E-state index is 12.4. The van der Waals surface area contributed by atoms with Crippen molar-refractivity contribution in [3.8, 4) is 0 Å². The van der Waals surface area contributed by atoms with Crippen molar-refractivity contribution in [1.82, 2.24) is 10.6 Å². The monoisotopic (exact) mass is 526 g/mol. The number of thioether (sulfide) groups is 2. The lowest BCUT2D eigenvalue weighted by Crippen LogP contribution is -2.39. The Labute approximate surface area is 216 Å². The molecular formula is C25H38N2O6S2. The summed E-state index contributed by atoms with van der Waals surface area (Å²) in [7, 11) is 0. The van der Waals surface area contributed by atoms with Crippen LogP contribution in [0.3, 0.4) is 0 Å². The number of rotatable bonds is 8. The van der Waals surface area contributed by atoms with Crippen molar-refractivity contribution in [1.29, 1.82) is 0 Å². The van der Waals surface area contributed by atoms with Crippen LogP contribution in [0, 0.1) is 0 Å². The van der Waals surface area contributed by atoms with Gasteiger partial charge in [0.05, 0.1) is 17.5 Å². The third kappa shape index (κ3) is 11.1. The lowest BCUT2D eigenvalue weighted by Gasteiger charge is -2.23. The molecule has 0 aromatic heterocycles. The number of amides is 2. The van der Waals surface area contributed by atoms with E-state index < -0.39 is 11.9 Å². The van der Waals surface area contributed by atoms with Gasteiger partial charge in [-0.1, -0.05) is 62.0 Å². The van der Waals surface area contributed by atoms with Gasteiger partial charge in [-0.2, -0.15) is 0 Å². The van der Waals surface area contributed by atoms with Crippen LogP contribution in [0.5, 0.6) is 0 Å². The first kappa shape index (κ1) is 29.3. The molecule has 0 radical (unpaired) electrons. The molecule has 2 fully saturated rings. The Morgan fingerprint density at radius 3 is 1.83 bits per heavy atom. The predicted octanol–water partition coefficient (Wildman–Crippen LogP) is 4.55. The van der Waals surface area contributed by atoms with Gasteiger partial charge in [0.25, 0.3) is 5.91 Å². The van der Waals surface area contributed by atoms with Gasteiger partial charge in [0.1, 0.15) is 12.0 Å². The van der Waals surface area contributed by atoms with E-state index in [0.717, 1.165) is 38.5 Å². The number of ether oxygens (including phenoxy) is 2. The molecule has 1 heterocycles. The van der Waals surface area contributed by atoms with Crippen LogP contribution in [-0.4, -0.2) is 49.1 Å². The van der Waals surface area contributed by atoms with Gasteiger partial charge in [-0.25, -0.2) is 4.79 Å². The Morgan fingerprint density at radius 1 is 0.800 bits per heavy atom. The Hall–Kier alpha value is -1.94. The highest BCUT2D eigenvalue weighted by molar-refractivity contribution is 8.27. The molecule has 2 saturated carbocycles. The van der Waals surface area contributed by atoms with Crippen LogP contribution < -0.4 is 10.6 Å². The maximum absolute atomic E-state index is 12.4. The molecule has 0 bridgehead atoms. The zero-order valence-corrected chi connectivity index (χ0v) is 22.4. The zero-order chi connectivity index (χ0) is 25.5. The second-order valence-corrected chi connectivity index (χ2v) is 10.7. The van der Waals surface area contributed by atoms with Crippen molar-refractivity contribution in [2.24, 2.45) is 0 Å². The van der Waals surface area contributed by atoms with E-state index in [2.05, 4.69) is 10.6 Å². The van der Waals surface area contributed by atoms with E-state index >= 15 is 0 Å². The first-order valence-corrected chi connectivity index (χ1v) is 14.4. The fourth-order valence-corrected chi connectivity index (χ4v) is 6.00. The highest BCUT2D eigenvalue weighted by atomic mass is 32.2. The van der Waals surface area contributed by atoms with Crippen molar-refractivity contribution in [2.45, 2.75) is 96.6 Å². The van der Waals surface area contributed by atoms with E-state index in [0.29, 0.717) is 10.8 Å². The minimum Gasteiger partial charge on any atom is -0.466 e. The standard InChI is InChI=1S/C14H19NO3S2.C11H19NO3/c1-2-18-13(17)11(14-19-8-9-20-14)12(16)15-10-6-4-3-5-7-10;1-2-15-11(14)8-10(13)12-9-6-4-3-5-7-9/h8-10H,2-7H2,1H3,(H,15,16);9H,2-8H2,1H3,(H,12,13). The molecule has 1 aliphatic heterocycles. The highest BCUT2D eigenvalue weighted by Crippen LogP contribution is 2.40. The lowest BCUT2D eigenvalue weighted by molar-refractivity contribution is -0.146. The van der Waals surface area contributed by atoms with Crippen molar-refractivity contribution < 1.29 is 28.7 Å². The van der Waals surface area contributed by atoms with E-state index in [1.807, 2.05) is 10.8 Å². The Bertz CT molecular complexity index is 777. The van der Waals surface area contributed by atoms with Gasteiger partial charge in [-0.3, -0.25) is 14.4 Å². The molecule has 3 rings (SSSR count). The van der Waals surface area contributed by atoms with E-state index in [4.69, 9.17) is 9.47 Å². The summed E-state index contributed by atoms with van der Waals surface area (Å²) in [6.45, 7) is 4.08. The summed E-state index contributed by atoms with van der Waals surface area (Å²) < 4.78 is 10.4. The average molecular weight is 527 g/mol. The molecule has 2 N–H and O–H groups in total. The summed E-state index contributed by atoms with van der Waals surface area (Å²) >= 11 is 2.79. The maximum Gasteiger partial charge on any atom is 0.345 e. The van der Waals surface area contributed by atoms with Crippen LogP contribution in [0.25, 0.3) is 0 Å². The fourth-order valence-electron chi connectivity index (χ4n) is 4.17. The highest BCUT2D eigenvalue weighted by Gasteiger charge is 2.28. The number of nitrogens with one attached hydrogen (secondary N) is 2. The first-order valence-electron chi connectivity index (χ1n) is 12.6. The lowest BCUT2D eigenvalue weighted by atomic mass is 9.95. The summed E-state index contributed by atoms with van der Waals surface area (Å²) in [6, 6.07) is 0.450. The molecule has 10 heteroatoms. The molecule has 0 aromatic rings. The van der Waals surface area contributed by atoms with Gasteiger partial charge in [0.2, 0.25) is 5.91 Å². The average Bonchev–Trinajstić information content (AvgIpc) is 3.35. The fraction of sp³-hybridized carbons (Fsp3) is 0.680. The Morgan fingerprint density at radius 2 is 1.31 bits per heavy atom. The van der Waals surface area contributed by atoms with Crippen LogP contribution in [-0.2, 0) is 28.7 Å². The van der Waals surface area contributed by atoms with Gasteiger partial charge >= 0.3 is 11.9 Å².